The molecule has 3 atom stereocenters. The third-order valence-electron chi connectivity index (χ3n) is 3.67. The first kappa shape index (κ1) is 24.4. The molecule has 0 aliphatic carbocycles. The Balaban J connectivity index is 5.14. The Morgan fingerprint density at radius 3 is 1.73 bits per heavy atom. The molecule has 0 saturated heterocycles. The van der Waals surface area contributed by atoms with E-state index in [9.17, 15) is 19.2 Å². The van der Waals surface area contributed by atoms with E-state index in [-0.39, 0.29) is 17.7 Å². The molecule has 0 saturated carbocycles. The van der Waals surface area contributed by atoms with Crippen LogP contribution < -0.4 is 16.0 Å². The van der Waals surface area contributed by atoms with Crippen LogP contribution in [-0.4, -0.2) is 47.9 Å². The summed E-state index contributed by atoms with van der Waals surface area (Å²) >= 11 is 4.07. The SMILES string of the molecule is CC(=O)NC(CC(C)C)C(=O)NC(CC(C)C)C(=O)NC(C=O)CCS. The fraction of sp³-hybridized carbons (Fsp3) is 0.778. The predicted molar refractivity (Wildman–Crippen MR) is 105 cm³/mol. The van der Waals surface area contributed by atoms with Gasteiger partial charge in [0.15, 0.2) is 0 Å². The highest BCUT2D eigenvalue weighted by atomic mass is 32.1. The molecule has 0 spiro atoms. The van der Waals surface area contributed by atoms with Gasteiger partial charge in [0.1, 0.15) is 18.4 Å². The fourth-order valence-electron chi connectivity index (χ4n) is 2.52. The molecule has 0 bridgehead atoms. The molecule has 7 nitrogen and oxygen atoms in total. The van der Waals surface area contributed by atoms with Crippen molar-refractivity contribution in [2.24, 2.45) is 11.8 Å². The van der Waals surface area contributed by atoms with Gasteiger partial charge < -0.3 is 20.7 Å². The number of aldehydes is 1. The first-order chi connectivity index (χ1) is 12.1. The van der Waals surface area contributed by atoms with Crippen molar-refractivity contribution in [1.29, 1.82) is 0 Å². The lowest BCUT2D eigenvalue weighted by Crippen LogP contribution is -2.55. The van der Waals surface area contributed by atoms with Crippen molar-refractivity contribution in [3.63, 3.8) is 0 Å². The molecular formula is C18H33N3O4S. The van der Waals surface area contributed by atoms with Crippen LogP contribution in [0.1, 0.15) is 53.9 Å². The predicted octanol–water partition coefficient (Wildman–Crippen LogP) is 1.07. The second-order valence-electron chi connectivity index (χ2n) is 7.34. The van der Waals surface area contributed by atoms with Crippen LogP contribution in [0.15, 0.2) is 0 Å². The van der Waals surface area contributed by atoms with Crippen LogP contribution in [0.4, 0.5) is 0 Å². The van der Waals surface area contributed by atoms with E-state index in [1.54, 1.807) is 0 Å². The molecule has 3 N–H and O–H groups in total. The summed E-state index contributed by atoms with van der Waals surface area (Å²) in [6.07, 6.45) is 1.99. The Morgan fingerprint density at radius 2 is 1.35 bits per heavy atom. The van der Waals surface area contributed by atoms with Crippen LogP contribution in [0, 0.1) is 11.8 Å². The molecule has 0 aromatic heterocycles. The molecule has 0 aliphatic heterocycles. The van der Waals surface area contributed by atoms with Crippen molar-refractivity contribution < 1.29 is 19.2 Å². The lowest BCUT2D eigenvalue weighted by atomic mass is 10.00. The zero-order chi connectivity index (χ0) is 20.3. The van der Waals surface area contributed by atoms with Gasteiger partial charge in [-0.2, -0.15) is 12.6 Å². The average molecular weight is 388 g/mol. The summed E-state index contributed by atoms with van der Waals surface area (Å²) < 4.78 is 0. The molecule has 0 aliphatic rings. The number of rotatable bonds is 12. The first-order valence-corrected chi connectivity index (χ1v) is 9.67. The van der Waals surface area contributed by atoms with E-state index in [0.717, 1.165) is 0 Å². The molecule has 3 unspecified atom stereocenters. The normalized spacial score (nSPS) is 14.5. The second kappa shape index (κ2) is 12.7. The van der Waals surface area contributed by atoms with Gasteiger partial charge in [0.2, 0.25) is 17.7 Å². The molecular weight excluding hydrogens is 354 g/mol. The van der Waals surface area contributed by atoms with Gasteiger partial charge in [0.05, 0.1) is 6.04 Å². The molecule has 3 amide bonds. The average Bonchev–Trinajstić information content (AvgIpc) is 2.51. The van der Waals surface area contributed by atoms with Gasteiger partial charge >= 0.3 is 0 Å². The maximum Gasteiger partial charge on any atom is 0.243 e. The van der Waals surface area contributed by atoms with Crippen molar-refractivity contribution in [2.45, 2.75) is 72.0 Å². The zero-order valence-corrected chi connectivity index (χ0v) is 17.3. The summed E-state index contributed by atoms with van der Waals surface area (Å²) in [7, 11) is 0. The number of carbonyl (C=O) groups excluding carboxylic acids is 4. The van der Waals surface area contributed by atoms with E-state index in [1.807, 2.05) is 27.7 Å². The van der Waals surface area contributed by atoms with Crippen molar-refractivity contribution in [3.8, 4) is 0 Å². The summed E-state index contributed by atoms with van der Waals surface area (Å²) in [6.45, 7) is 9.14. The molecule has 0 fully saturated rings. The van der Waals surface area contributed by atoms with Crippen LogP contribution in [0.2, 0.25) is 0 Å². The van der Waals surface area contributed by atoms with Gasteiger partial charge in [-0.25, -0.2) is 0 Å². The van der Waals surface area contributed by atoms with Gasteiger partial charge in [-0.3, -0.25) is 14.4 Å². The number of nitrogens with one attached hydrogen (secondary N) is 3. The Bertz CT molecular complexity index is 483. The number of thiol groups is 1. The van der Waals surface area contributed by atoms with E-state index in [1.165, 1.54) is 6.92 Å². The maximum atomic E-state index is 12.6. The van der Waals surface area contributed by atoms with Gasteiger partial charge in [-0.05, 0) is 36.9 Å². The first-order valence-electron chi connectivity index (χ1n) is 9.04. The third kappa shape index (κ3) is 10.4. The lowest BCUT2D eigenvalue weighted by molar-refractivity contribution is -0.133. The van der Waals surface area contributed by atoms with Crippen LogP contribution >= 0.6 is 12.6 Å². The van der Waals surface area contributed by atoms with Crippen molar-refractivity contribution in [2.75, 3.05) is 5.75 Å². The Kier molecular flexibility index (Phi) is 12.0. The molecule has 150 valence electrons. The summed E-state index contributed by atoms with van der Waals surface area (Å²) in [6, 6.07) is -2.10. The van der Waals surface area contributed by atoms with Crippen LogP contribution in [0.5, 0.6) is 0 Å². The number of carbonyl (C=O) groups is 4. The van der Waals surface area contributed by atoms with Gasteiger partial charge in [0.25, 0.3) is 0 Å². The molecule has 0 radical (unpaired) electrons. The van der Waals surface area contributed by atoms with Gasteiger partial charge in [-0.1, -0.05) is 27.7 Å². The Hall–Kier alpha value is -1.57. The van der Waals surface area contributed by atoms with Gasteiger partial charge in [-0.15, -0.1) is 0 Å². The Labute approximate surface area is 161 Å². The molecule has 26 heavy (non-hydrogen) atoms. The van der Waals surface area contributed by atoms with E-state index in [2.05, 4.69) is 28.6 Å². The van der Waals surface area contributed by atoms with E-state index in [4.69, 9.17) is 0 Å². The highest BCUT2D eigenvalue weighted by molar-refractivity contribution is 7.80. The van der Waals surface area contributed by atoms with Crippen molar-refractivity contribution >= 4 is 36.6 Å². The number of hydrogen-bond donors (Lipinski definition) is 4. The minimum Gasteiger partial charge on any atom is -0.345 e. The third-order valence-corrected chi connectivity index (χ3v) is 3.93. The van der Waals surface area contributed by atoms with Crippen molar-refractivity contribution in [3.05, 3.63) is 0 Å². The summed E-state index contributed by atoms with van der Waals surface area (Å²) in [5.74, 6) is -0.280. The highest BCUT2D eigenvalue weighted by Gasteiger charge is 2.28. The van der Waals surface area contributed by atoms with Crippen LogP contribution in [-0.2, 0) is 19.2 Å². The lowest BCUT2D eigenvalue weighted by Gasteiger charge is -2.25. The highest BCUT2D eigenvalue weighted by Crippen LogP contribution is 2.09. The van der Waals surface area contributed by atoms with E-state index in [0.29, 0.717) is 31.3 Å². The molecule has 0 heterocycles. The monoisotopic (exact) mass is 387 g/mol. The van der Waals surface area contributed by atoms with E-state index >= 15 is 0 Å². The summed E-state index contributed by atoms with van der Waals surface area (Å²) in [4.78, 5) is 47.6. The van der Waals surface area contributed by atoms with Crippen LogP contribution in [0.25, 0.3) is 0 Å². The summed E-state index contributed by atoms with van der Waals surface area (Å²) in [5, 5.41) is 8.00. The van der Waals surface area contributed by atoms with Crippen molar-refractivity contribution in [1.82, 2.24) is 16.0 Å². The summed E-state index contributed by atoms with van der Waals surface area (Å²) in [5.41, 5.74) is 0. The molecule has 0 aromatic carbocycles. The van der Waals surface area contributed by atoms with E-state index < -0.39 is 29.9 Å². The standard InChI is InChI=1S/C18H33N3O4S/c1-11(2)8-15(19-13(5)23)18(25)21-16(9-12(3)4)17(24)20-14(10-22)6-7-26/h10-12,14-16,26H,6-9H2,1-5H3,(H,19,23)(H,20,24)(H,21,25). The molecule has 0 rings (SSSR count). The second-order valence-corrected chi connectivity index (χ2v) is 7.78. The minimum atomic E-state index is -0.770. The Morgan fingerprint density at radius 1 is 0.885 bits per heavy atom. The molecule has 0 aromatic rings. The van der Waals surface area contributed by atoms with Gasteiger partial charge in [0, 0.05) is 6.92 Å². The maximum absolute atomic E-state index is 12.6. The number of amides is 3. The smallest absolute Gasteiger partial charge is 0.243 e. The van der Waals surface area contributed by atoms with Crippen LogP contribution in [0.3, 0.4) is 0 Å². The largest absolute Gasteiger partial charge is 0.345 e. The number of hydrogen-bond acceptors (Lipinski definition) is 5. The zero-order valence-electron chi connectivity index (χ0n) is 16.4. The minimum absolute atomic E-state index is 0.162. The fourth-order valence-corrected chi connectivity index (χ4v) is 2.80. The quantitative estimate of drug-likeness (QED) is 0.297. The molecule has 8 heteroatoms. The topological polar surface area (TPSA) is 104 Å².